The summed E-state index contributed by atoms with van der Waals surface area (Å²) in [5, 5.41) is 10.1. The third-order valence-corrected chi connectivity index (χ3v) is 4.76. The van der Waals surface area contributed by atoms with Gasteiger partial charge < -0.3 is 10.6 Å². The van der Waals surface area contributed by atoms with Crippen molar-refractivity contribution < 1.29 is 9.59 Å². The highest BCUT2D eigenvalue weighted by atomic mass is 35.5. The number of benzene rings is 2. The van der Waals surface area contributed by atoms with Gasteiger partial charge in [0.2, 0.25) is 11.8 Å². The number of halogens is 1. The van der Waals surface area contributed by atoms with Crippen LogP contribution in [-0.4, -0.2) is 21.6 Å². The van der Waals surface area contributed by atoms with Gasteiger partial charge in [-0.15, -0.1) is 0 Å². The first-order valence-corrected chi connectivity index (χ1v) is 9.80. The number of para-hydroxylation sites is 1. The maximum atomic E-state index is 13.0. The third-order valence-electron chi connectivity index (χ3n) is 4.43. The lowest BCUT2D eigenvalue weighted by Crippen LogP contribution is -2.36. The molecule has 0 bridgehead atoms. The number of amides is 2. The van der Waals surface area contributed by atoms with Crippen molar-refractivity contribution in [3.63, 3.8) is 0 Å². The highest BCUT2D eigenvalue weighted by molar-refractivity contribution is 6.33. The van der Waals surface area contributed by atoms with E-state index in [4.69, 9.17) is 11.6 Å². The van der Waals surface area contributed by atoms with Crippen LogP contribution in [0.1, 0.15) is 26.3 Å². The van der Waals surface area contributed by atoms with Gasteiger partial charge in [-0.3, -0.25) is 14.4 Å². The zero-order valence-corrected chi connectivity index (χ0v) is 17.3. The van der Waals surface area contributed by atoms with Crippen LogP contribution in [0.2, 0.25) is 5.02 Å². The fraction of sp³-hybridized carbons (Fsp3) is 0.182. The molecule has 0 fully saturated rings. The van der Waals surface area contributed by atoms with Crippen molar-refractivity contribution >= 4 is 34.8 Å². The summed E-state index contributed by atoms with van der Waals surface area (Å²) in [4.78, 5) is 37.6. The molecule has 2 N–H and O–H groups in total. The number of aromatic nitrogens is 2. The van der Waals surface area contributed by atoms with E-state index >= 15 is 0 Å². The van der Waals surface area contributed by atoms with Crippen molar-refractivity contribution in [1.29, 1.82) is 0 Å². The highest BCUT2D eigenvalue weighted by Gasteiger charge is 2.24. The molecule has 30 heavy (non-hydrogen) atoms. The van der Waals surface area contributed by atoms with Gasteiger partial charge >= 0.3 is 0 Å². The molecule has 154 valence electrons. The van der Waals surface area contributed by atoms with Gasteiger partial charge in [-0.25, -0.2) is 4.68 Å². The zero-order valence-electron chi connectivity index (χ0n) is 16.6. The Bertz CT molecular complexity index is 1130. The van der Waals surface area contributed by atoms with E-state index in [-0.39, 0.29) is 5.69 Å². The number of carbonyl (C=O) groups excluding carboxylic acids is 2. The van der Waals surface area contributed by atoms with E-state index in [1.165, 1.54) is 13.0 Å². The summed E-state index contributed by atoms with van der Waals surface area (Å²) in [6.45, 7) is 3.09. The molecule has 8 heteroatoms. The standard InChI is InChI=1S/C22H21ClN4O3/c1-3-20(21(29)25-17-12-8-7-11-16(17)23)27-22(30)19(24-14(2)28)13-18(26-27)15-9-5-4-6-10-15/h4-13,20H,3H2,1-2H3,(H,24,28)(H,25,29)/t20-/m1/s1. The van der Waals surface area contributed by atoms with Crippen molar-refractivity contribution in [2.24, 2.45) is 0 Å². The van der Waals surface area contributed by atoms with Gasteiger partial charge in [0.05, 0.1) is 16.4 Å². The Kier molecular flexibility index (Phi) is 6.64. The van der Waals surface area contributed by atoms with E-state index in [1.807, 2.05) is 30.3 Å². The van der Waals surface area contributed by atoms with Crippen LogP contribution in [0, 0.1) is 0 Å². The van der Waals surface area contributed by atoms with Crippen LogP contribution < -0.4 is 16.2 Å². The second-order valence-corrected chi connectivity index (χ2v) is 7.04. The molecule has 0 aliphatic carbocycles. The van der Waals surface area contributed by atoms with Gasteiger partial charge in [0.25, 0.3) is 5.56 Å². The lowest BCUT2D eigenvalue weighted by molar-refractivity contribution is -0.119. The molecule has 0 radical (unpaired) electrons. The molecule has 0 saturated carbocycles. The van der Waals surface area contributed by atoms with Crippen LogP contribution in [-0.2, 0) is 9.59 Å². The Morgan fingerprint density at radius 2 is 1.70 bits per heavy atom. The lowest BCUT2D eigenvalue weighted by atomic mass is 10.1. The first-order valence-electron chi connectivity index (χ1n) is 9.43. The lowest BCUT2D eigenvalue weighted by Gasteiger charge is -2.19. The maximum absolute atomic E-state index is 13.0. The largest absolute Gasteiger partial charge is 0.323 e. The zero-order chi connectivity index (χ0) is 21.7. The summed E-state index contributed by atoms with van der Waals surface area (Å²) in [6, 6.07) is 16.7. The number of nitrogens with zero attached hydrogens (tertiary/aromatic N) is 2. The molecule has 0 aliphatic heterocycles. The van der Waals surface area contributed by atoms with E-state index in [2.05, 4.69) is 15.7 Å². The Balaban J connectivity index is 2.07. The molecule has 7 nitrogen and oxygen atoms in total. The van der Waals surface area contributed by atoms with Gasteiger partial charge in [-0.1, -0.05) is 61.0 Å². The molecular formula is C22H21ClN4O3. The van der Waals surface area contributed by atoms with Gasteiger partial charge in [-0.2, -0.15) is 5.10 Å². The fourth-order valence-electron chi connectivity index (χ4n) is 3.00. The van der Waals surface area contributed by atoms with Gasteiger partial charge in [0, 0.05) is 12.5 Å². The molecule has 0 unspecified atom stereocenters. The summed E-state index contributed by atoms with van der Waals surface area (Å²) in [7, 11) is 0. The minimum Gasteiger partial charge on any atom is -0.323 e. The fourth-order valence-corrected chi connectivity index (χ4v) is 3.18. The number of nitrogens with one attached hydrogen (secondary N) is 2. The van der Waals surface area contributed by atoms with Crippen molar-refractivity contribution in [2.75, 3.05) is 10.6 Å². The molecule has 3 aromatic rings. The van der Waals surface area contributed by atoms with E-state index in [1.54, 1.807) is 31.2 Å². The van der Waals surface area contributed by atoms with Gasteiger partial charge in [0.1, 0.15) is 11.7 Å². The first-order chi connectivity index (χ1) is 14.4. The Labute approximate surface area is 178 Å². The molecule has 1 atom stereocenters. The number of hydrogen-bond acceptors (Lipinski definition) is 4. The predicted octanol–water partition coefficient (Wildman–Crippen LogP) is 4.11. The minimum atomic E-state index is -0.898. The van der Waals surface area contributed by atoms with E-state index in [9.17, 15) is 14.4 Å². The summed E-state index contributed by atoms with van der Waals surface area (Å²) in [5.74, 6) is -0.823. The minimum absolute atomic E-state index is 0.0559. The SMILES string of the molecule is CC[C@H](C(=O)Nc1ccccc1Cl)n1nc(-c2ccccc2)cc(NC(C)=O)c1=O. The Morgan fingerprint density at radius 3 is 2.33 bits per heavy atom. The second-order valence-electron chi connectivity index (χ2n) is 6.63. The third kappa shape index (κ3) is 4.75. The van der Waals surface area contributed by atoms with Crippen LogP contribution in [0.25, 0.3) is 11.3 Å². The van der Waals surface area contributed by atoms with Crippen molar-refractivity contribution in [3.8, 4) is 11.3 Å². The van der Waals surface area contributed by atoms with E-state index in [0.29, 0.717) is 22.8 Å². The molecule has 3 rings (SSSR count). The summed E-state index contributed by atoms with van der Waals surface area (Å²) >= 11 is 6.13. The number of rotatable bonds is 6. The topological polar surface area (TPSA) is 93.1 Å². The number of carbonyl (C=O) groups is 2. The van der Waals surface area contributed by atoms with Crippen molar-refractivity contribution in [1.82, 2.24) is 9.78 Å². The van der Waals surface area contributed by atoms with Crippen LogP contribution in [0.3, 0.4) is 0 Å². The monoisotopic (exact) mass is 424 g/mol. The highest BCUT2D eigenvalue weighted by Crippen LogP contribution is 2.24. The summed E-state index contributed by atoms with van der Waals surface area (Å²) in [5.41, 5.74) is 1.14. The van der Waals surface area contributed by atoms with Gasteiger partial charge in [0.15, 0.2) is 0 Å². The van der Waals surface area contributed by atoms with Crippen LogP contribution in [0.15, 0.2) is 65.5 Å². The number of anilines is 2. The molecule has 2 aromatic carbocycles. The van der Waals surface area contributed by atoms with E-state index in [0.717, 1.165) is 10.2 Å². The molecule has 1 heterocycles. The quantitative estimate of drug-likeness (QED) is 0.622. The normalized spacial score (nSPS) is 11.6. The predicted molar refractivity (Wildman–Crippen MR) is 118 cm³/mol. The molecule has 1 aromatic heterocycles. The Hall–Kier alpha value is -3.45. The van der Waals surface area contributed by atoms with Crippen molar-refractivity contribution in [3.05, 3.63) is 76.0 Å². The maximum Gasteiger partial charge on any atom is 0.291 e. The van der Waals surface area contributed by atoms with E-state index < -0.39 is 23.4 Å². The van der Waals surface area contributed by atoms with Gasteiger partial charge in [-0.05, 0) is 24.6 Å². The second kappa shape index (κ2) is 9.37. The van der Waals surface area contributed by atoms with Crippen LogP contribution in [0.5, 0.6) is 0 Å². The average Bonchev–Trinajstić information content (AvgIpc) is 2.73. The molecule has 0 aliphatic rings. The van der Waals surface area contributed by atoms with Crippen LogP contribution >= 0.6 is 11.6 Å². The van der Waals surface area contributed by atoms with Crippen LogP contribution in [0.4, 0.5) is 11.4 Å². The van der Waals surface area contributed by atoms with Crippen molar-refractivity contribution in [2.45, 2.75) is 26.3 Å². The Morgan fingerprint density at radius 1 is 1.03 bits per heavy atom. The average molecular weight is 425 g/mol. The summed E-state index contributed by atoms with van der Waals surface area (Å²) < 4.78 is 1.11. The first kappa shape index (κ1) is 21.3. The molecule has 2 amide bonds. The number of hydrogen-bond donors (Lipinski definition) is 2. The molecular weight excluding hydrogens is 404 g/mol. The molecule has 0 saturated heterocycles. The summed E-state index contributed by atoms with van der Waals surface area (Å²) in [6.07, 6.45) is 0.306. The molecule has 0 spiro atoms. The smallest absolute Gasteiger partial charge is 0.291 e.